The first-order chi connectivity index (χ1) is 18.2. The quantitative estimate of drug-likeness (QED) is 0.379. The number of nitrogens with zero attached hydrogens (tertiary/aromatic N) is 2. The van der Waals surface area contributed by atoms with E-state index in [0.29, 0.717) is 18.6 Å². The maximum absolute atomic E-state index is 13.9. The predicted octanol–water partition coefficient (Wildman–Crippen LogP) is 3.79. The lowest BCUT2D eigenvalue weighted by Gasteiger charge is -2.33. The van der Waals surface area contributed by atoms with Crippen molar-refractivity contribution in [3.8, 4) is 5.75 Å². The predicted molar refractivity (Wildman–Crippen MR) is 149 cm³/mol. The van der Waals surface area contributed by atoms with Gasteiger partial charge < -0.3 is 15.0 Å². The van der Waals surface area contributed by atoms with Crippen LogP contribution in [-0.4, -0.2) is 58.4 Å². The van der Waals surface area contributed by atoms with E-state index in [9.17, 15) is 18.0 Å². The van der Waals surface area contributed by atoms with Gasteiger partial charge in [-0.2, -0.15) is 0 Å². The molecular weight excluding hydrogens is 502 g/mol. The third-order valence-corrected chi connectivity index (χ3v) is 8.13. The van der Waals surface area contributed by atoms with Crippen molar-refractivity contribution < 1.29 is 22.7 Å². The van der Waals surface area contributed by atoms with Gasteiger partial charge in [0.15, 0.2) is 0 Å². The molecule has 0 fully saturated rings. The molecule has 3 aromatic carbocycles. The second kappa shape index (κ2) is 13.1. The molecule has 38 heavy (non-hydrogen) atoms. The van der Waals surface area contributed by atoms with E-state index in [4.69, 9.17) is 4.74 Å². The minimum Gasteiger partial charge on any atom is -0.497 e. The highest BCUT2D eigenvalue weighted by molar-refractivity contribution is 7.92. The first-order valence-corrected chi connectivity index (χ1v) is 13.9. The van der Waals surface area contributed by atoms with Gasteiger partial charge in [0.2, 0.25) is 11.8 Å². The minimum absolute atomic E-state index is 0.0629. The minimum atomic E-state index is -4.12. The summed E-state index contributed by atoms with van der Waals surface area (Å²) < 4.78 is 34.1. The third-order valence-electron chi connectivity index (χ3n) is 6.35. The van der Waals surface area contributed by atoms with Gasteiger partial charge in [-0.3, -0.25) is 13.9 Å². The van der Waals surface area contributed by atoms with E-state index in [1.165, 1.54) is 31.2 Å². The molecule has 1 atom stereocenters. The van der Waals surface area contributed by atoms with Gasteiger partial charge in [-0.05, 0) is 49.6 Å². The van der Waals surface area contributed by atoms with Crippen molar-refractivity contribution in [2.75, 3.05) is 31.6 Å². The number of hydrogen-bond donors (Lipinski definition) is 1. The Balaban J connectivity index is 2.02. The fourth-order valence-electron chi connectivity index (χ4n) is 4.19. The van der Waals surface area contributed by atoms with Crippen LogP contribution in [-0.2, 0) is 26.0 Å². The lowest BCUT2D eigenvalue weighted by Crippen LogP contribution is -2.52. The van der Waals surface area contributed by atoms with Crippen LogP contribution in [0.3, 0.4) is 0 Å². The summed E-state index contributed by atoms with van der Waals surface area (Å²) in [6.07, 6.45) is 0.897. The van der Waals surface area contributed by atoms with Crippen molar-refractivity contribution in [1.82, 2.24) is 10.2 Å². The van der Waals surface area contributed by atoms with Crippen molar-refractivity contribution in [3.05, 3.63) is 90.0 Å². The molecule has 0 aromatic heterocycles. The molecule has 1 N–H and O–H groups in total. The monoisotopic (exact) mass is 537 g/mol. The summed E-state index contributed by atoms with van der Waals surface area (Å²) in [4.78, 5) is 28.1. The smallest absolute Gasteiger partial charge is 0.264 e. The molecule has 0 bridgehead atoms. The largest absolute Gasteiger partial charge is 0.497 e. The molecule has 0 aliphatic heterocycles. The third kappa shape index (κ3) is 6.92. The van der Waals surface area contributed by atoms with Gasteiger partial charge in [0, 0.05) is 19.7 Å². The van der Waals surface area contributed by atoms with E-state index in [2.05, 4.69) is 5.32 Å². The van der Waals surface area contributed by atoms with Crippen LogP contribution in [0.1, 0.15) is 24.5 Å². The Labute approximate surface area is 225 Å². The highest BCUT2D eigenvalue weighted by atomic mass is 32.2. The molecule has 0 unspecified atom stereocenters. The van der Waals surface area contributed by atoms with Crippen LogP contribution in [0.4, 0.5) is 5.69 Å². The summed E-state index contributed by atoms with van der Waals surface area (Å²) in [6.45, 7) is 3.47. The molecule has 0 radical (unpaired) electrons. The Bertz CT molecular complexity index is 1330. The van der Waals surface area contributed by atoms with E-state index >= 15 is 0 Å². The summed E-state index contributed by atoms with van der Waals surface area (Å²) in [7, 11) is -1.11. The Morgan fingerprint density at radius 2 is 1.66 bits per heavy atom. The zero-order chi connectivity index (χ0) is 27.7. The molecule has 0 saturated heterocycles. The average Bonchev–Trinajstić information content (AvgIpc) is 2.94. The van der Waals surface area contributed by atoms with Gasteiger partial charge >= 0.3 is 0 Å². The molecule has 3 rings (SSSR count). The van der Waals surface area contributed by atoms with Gasteiger partial charge in [-0.1, -0.05) is 61.0 Å². The van der Waals surface area contributed by atoms with Crippen LogP contribution in [0.15, 0.2) is 83.8 Å². The molecular formula is C29H35N3O5S. The lowest BCUT2D eigenvalue weighted by atomic mass is 10.1. The number of rotatable bonds is 12. The number of methoxy groups -OCH3 is 1. The number of ether oxygens (including phenoxy) is 1. The number of benzene rings is 3. The van der Waals surface area contributed by atoms with Crippen LogP contribution >= 0.6 is 0 Å². The van der Waals surface area contributed by atoms with Crippen LogP contribution in [0.5, 0.6) is 5.75 Å². The van der Waals surface area contributed by atoms with Gasteiger partial charge in [0.05, 0.1) is 17.7 Å². The van der Waals surface area contributed by atoms with Crippen LogP contribution in [0.25, 0.3) is 0 Å². The second-order valence-electron chi connectivity index (χ2n) is 8.89. The maximum Gasteiger partial charge on any atom is 0.264 e. The van der Waals surface area contributed by atoms with Crippen molar-refractivity contribution in [2.45, 2.75) is 37.6 Å². The van der Waals surface area contributed by atoms with Gasteiger partial charge in [-0.25, -0.2) is 8.42 Å². The van der Waals surface area contributed by atoms with E-state index in [1.807, 2.05) is 44.2 Å². The number of carbonyl (C=O) groups excluding carboxylic acids is 2. The number of amides is 2. The molecule has 0 aliphatic carbocycles. The summed E-state index contributed by atoms with van der Waals surface area (Å²) in [6, 6.07) is 21.9. The van der Waals surface area contributed by atoms with E-state index in [0.717, 1.165) is 15.4 Å². The van der Waals surface area contributed by atoms with Crippen LogP contribution < -0.4 is 14.4 Å². The highest BCUT2D eigenvalue weighted by Gasteiger charge is 2.33. The summed E-state index contributed by atoms with van der Waals surface area (Å²) in [5.74, 6) is -0.324. The standard InChI is InChI=1S/C29H35N3O5S/c1-5-27(29(34)30-3)31(19-18-23-10-7-6-8-11-23)28(33)21-32(24-12-9-13-25(20-24)37-4)38(35,36)26-16-14-22(2)15-17-26/h6-17,20,27H,5,18-19,21H2,1-4H3,(H,30,34)/t27-/m1/s1. The van der Waals surface area contributed by atoms with Crippen LogP contribution in [0.2, 0.25) is 0 Å². The zero-order valence-electron chi connectivity index (χ0n) is 22.3. The highest BCUT2D eigenvalue weighted by Crippen LogP contribution is 2.27. The van der Waals surface area contributed by atoms with Gasteiger partial charge in [0.25, 0.3) is 10.0 Å². The van der Waals surface area contributed by atoms with E-state index in [1.54, 1.807) is 36.4 Å². The molecule has 8 nitrogen and oxygen atoms in total. The summed E-state index contributed by atoms with van der Waals surface area (Å²) in [5.41, 5.74) is 2.21. The zero-order valence-corrected chi connectivity index (χ0v) is 23.1. The fourth-order valence-corrected chi connectivity index (χ4v) is 5.60. The van der Waals surface area contributed by atoms with E-state index in [-0.39, 0.29) is 23.0 Å². The maximum atomic E-state index is 13.9. The molecule has 0 spiro atoms. The molecule has 2 amide bonds. The van der Waals surface area contributed by atoms with Crippen molar-refractivity contribution in [2.24, 2.45) is 0 Å². The Hall–Kier alpha value is -3.85. The Morgan fingerprint density at radius 1 is 0.974 bits per heavy atom. The topological polar surface area (TPSA) is 96.0 Å². The average molecular weight is 538 g/mol. The SMILES string of the molecule is CC[C@H](C(=O)NC)N(CCc1ccccc1)C(=O)CN(c1cccc(OC)c1)S(=O)(=O)c1ccc(C)cc1. The van der Waals surface area contributed by atoms with E-state index < -0.39 is 28.5 Å². The molecule has 202 valence electrons. The molecule has 3 aromatic rings. The van der Waals surface area contributed by atoms with Gasteiger partial charge in [0.1, 0.15) is 18.3 Å². The summed E-state index contributed by atoms with van der Waals surface area (Å²) in [5, 5.41) is 2.63. The number of likely N-dealkylation sites (N-methyl/N-ethyl adjacent to an activating group) is 1. The molecule has 0 aliphatic rings. The fraction of sp³-hybridized carbons (Fsp3) is 0.310. The first kappa shape index (κ1) is 28.7. The number of nitrogens with one attached hydrogen (secondary N) is 1. The number of hydrogen-bond acceptors (Lipinski definition) is 5. The number of aryl methyl sites for hydroxylation is 1. The molecule has 0 heterocycles. The Kier molecular flexibility index (Phi) is 9.90. The Morgan fingerprint density at radius 3 is 2.26 bits per heavy atom. The van der Waals surface area contributed by atoms with Gasteiger partial charge in [-0.15, -0.1) is 0 Å². The van der Waals surface area contributed by atoms with Crippen molar-refractivity contribution in [1.29, 1.82) is 0 Å². The molecule has 0 saturated carbocycles. The number of anilines is 1. The number of sulfonamides is 1. The second-order valence-corrected chi connectivity index (χ2v) is 10.7. The first-order valence-electron chi connectivity index (χ1n) is 12.5. The summed E-state index contributed by atoms with van der Waals surface area (Å²) >= 11 is 0. The van der Waals surface area contributed by atoms with Crippen molar-refractivity contribution >= 4 is 27.5 Å². The lowest BCUT2D eigenvalue weighted by molar-refractivity contribution is -0.139. The molecule has 9 heteroatoms. The number of carbonyl (C=O) groups is 2. The normalized spacial score (nSPS) is 11.9. The van der Waals surface area contributed by atoms with Crippen molar-refractivity contribution in [3.63, 3.8) is 0 Å². The van der Waals surface area contributed by atoms with Crippen LogP contribution in [0, 0.1) is 6.92 Å².